The number of sulfonamides is 1. The maximum absolute atomic E-state index is 12.6. The minimum absolute atomic E-state index is 0.00542. The van der Waals surface area contributed by atoms with Crippen molar-refractivity contribution in [2.24, 2.45) is 0 Å². The number of nitrogens with zero attached hydrogens (tertiary/aromatic N) is 3. The number of carbonyl (C=O) groups is 1. The zero-order valence-corrected chi connectivity index (χ0v) is 14.6. The highest BCUT2D eigenvalue weighted by molar-refractivity contribution is 7.89. The Kier molecular flexibility index (Phi) is 6.05. The van der Waals surface area contributed by atoms with Crippen molar-refractivity contribution in [1.82, 2.24) is 9.21 Å². The van der Waals surface area contributed by atoms with E-state index in [4.69, 9.17) is 0 Å². The van der Waals surface area contributed by atoms with Crippen LogP contribution in [-0.4, -0.2) is 54.6 Å². The molecule has 0 saturated carbocycles. The van der Waals surface area contributed by atoms with Crippen molar-refractivity contribution in [2.75, 3.05) is 26.2 Å². The zero-order chi connectivity index (χ0) is 18.4. The van der Waals surface area contributed by atoms with E-state index in [-0.39, 0.29) is 29.6 Å². The van der Waals surface area contributed by atoms with Crippen LogP contribution < -0.4 is 0 Å². The highest BCUT2D eigenvalue weighted by Crippen LogP contribution is 2.20. The van der Waals surface area contributed by atoms with E-state index in [0.717, 1.165) is 0 Å². The van der Waals surface area contributed by atoms with E-state index in [0.29, 0.717) is 13.1 Å². The summed E-state index contributed by atoms with van der Waals surface area (Å²) in [5.41, 5.74) is -0.165. The fraction of sp³-hybridized carbons (Fsp3) is 0.312. The smallest absolute Gasteiger partial charge is 0.269 e. The number of carbonyl (C=O) groups excluding carboxylic acids is 1. The van der Waals surface area contributed by atoms with Gasteiger partial charge in [0, 0.05) is 44.4 Å². The van der Waals surface area contributed by atoms with Crippen LogP contribution in [-0.2, 0) is 14.8 Å². The van der Waals surface area contributed by atoms with Gasteiger partial charge in [-0.1, -0.05) is 18.2 Å². The van der Waals surface area contributed by atoms with Gasteiger partial charge in [-0.05, 0) is 19.1 Å². The molecular formula is C16H19N3O5S. The second-order valence-electron chi connectivity index (χ2n) is 5.37. The fourth-order valence-electron chi connectivity index (χ4n) is 2.39. The van der Waals surface area contributed by atoms with Crippen LogP contribution in [0.1, 0.15) is 6.92 Å². The first-order valence-electron chi connectivity index (χ1n) is 7.69. The molecule has 0 aliphatic carbocycles. The van der Waals surface area contributed by atoms with Gasteiger partial charge in [-0.25, -0.2) is 8.42 Å². The summed E-state index contributed by atoms with van der Waals surface area (Å²) in [4.78, 5) is 23.6. The van der Waals surface area contributed by atoms with Gasteiger partial charge in [-0.3, -0.25) is 14.9 Å². The third-order valence-corrected chi connectivity index (χ3v) is 5.69. The zero-order valence-electron chi connectivity index (χ0n) is 13.7. The van der Waals surface area contributed by atoms with Crippen molar-refractivity contribution in [3.05, 3.63) is 58.7 Å². The summed E-state index contributed by atoms with van der Waals surface area (Å²) < 4.78 is 26.5. The Labute approximate surface area is 146 Å². The number of allylic oxidation sites excluding steroid dienone is 3. The molecule has 0 aromatic heterocycles. The van der Waals surface area contributed by atoms with E-state index in [1.165, 1.54) is 34.6 Å². The second kappa shape index (κ2) is 8.04. The lowest BCUT2D eigenvalue weighted by molar-refractivity contribution is -0.384. The highest BCUT2D eigenvalue weighted by Gasteiger charge is 2.29. The minimum atomic E-state index is -3.73. The number of hydrogen-bond donors (Lipinski definition) is 0. The Balaban J connectivity index is 2.03. The van der Waals surface area contributed by atoms with Gasteiger partial charge in [-0.15, -0.1) is 0 Å². The predicted octanol–water partition coefficient (Wildman–Crippen LogP) is 1.56. The van der Waals surface area contributed by atoms with E-state index in [1.807, 2.05) is 6.92 Å². The number of piperazine rings is 1. The third-order valence-electron chi connectivity index (χ3n) is 3.78. The van der Waals surface area contributed by atoms with Crippen LogP contribution in [0.25, 0.3) is 0 Å². The molecule has 0 radical (unpaired) electrons. The van der Waals surface area contributed by atoms with E-state index < -0.39 is 14.9 Å². The molecule has 1 heterocycles. The van der Waals surface area contributed by atoms with Gasteiger partial charge in [0.25, 0.3) is 5.69 Å². The molecule has 25 heavy (non-hydrogen) atoms. The van der Waals surface area contributed by atoms with Gasteiger partial charge in [-0.2, -0.15) is 4.31 Å². The number of nitro benzene ring substituents is 1. The summed E-state index contributed by atoms with van der Waals surface area (Å²) in [5, 5.41) is 10.7. The minimum Gasteiger partial charge on any atom is -0.337 e. The lowest BCUT2D eigenvalue weighted by Gasteiger charge is -2.33. The molecule has 134 valence electrons. The maximum Gasteiger partial charge on any atom is 0.269 e. The van der Waals surface area contributed by atoms with Crippen molar-refractivity contribution in [3.8, 4) is 0 Å². The van der Waals surface area contributed by atoms with Crippen LogP contribution in [0.3, 0.4) is 0 Å². The number of non-ortho nitro benzene ring substituents is 1. The number of amides is 1. The monoisotopic (exact) mass is 365 g/mol. The summed E-state index contributed by atoms with van der Waals surface area (Å²) in [6.07, 6.45) is 6.63. The Morgan fingerprint density at radius 1 is 1.12 bits per heavy atom. The Bertz CT molecular complexity index is 792. The second-order valence-corrected chi connectivity index (χ2v) is 7.30. The number of hydrogen-bond acceptors (Lipinski definition) is 5. The number of nitro groups is 1. The van der Waals surface area contributed by atoms with Crippen molar-refractivity contribution in [2.45, 2.75) is 11.8 Å². The summed E-state index contributed by atoms with van der Waals surface area (Å²) in [6, 6.07) is 4.78. The molecule has 8 nitrogen and oxygen atoms in total. The van der Waals surface area contributed by atoms with Gasteiger partial charge in [0.2, 0.25) is 15.9 Å². The topological polar surface area (TPSA) is 101 Å². The Hall–Kier alpha value is -2.52. The van der Waals surface area contributed by atoms with E-state index in [2.05, 4.69) is 0 Å². The lowest BCUT2D eigenvalue weighted by atomic mass is 10.3. The number of rotatable bonds is 5. The quantitative estimate of drug-likeness (QED) is 0.341. The molecule has 1 saturated heterocycles. The lowest BCUT2D eigenvalue weighted by Crippen LogP contribution is -2.50. The largest absolute Gasteiger partial charge is 0.337 e. The molecule has 0 spiro atoms. The molecule has 0 unspecified atom stereocenters. The molecule has 0 bridgehead atoms. The van der Waals surface area contributed by atoms with Crippen LogP contribution in [0, 0.1) is 10.1 Å². The van der Waals surface area contributed by atoms with Gasteiger partial charge < -0.3 is 4.90 Å². The average molecular weight is 365 g/mol. The van der Waals surface area contributed by atoms with Crippen molar-refractivity contribution in [1.29, 1.82) is 0 Å². The molecule has 1 aromatic carbocycles. The summed E-state index contributed by atoms with van der Waals surface area (Å²) in [7, 11) is -3.73. The molecule has 0 N–H and O–H groups in total. The van der Waals surface area contributed by atoms with Crippen LogP contribution in [0.5, 0.6) is 0 Å². The normalized spacial score (nSPS) is 16.6. The Morgan fingerprint density at radius 3 is 2.24 bits per heavy atom. The van der Waals surface area contributed by atoms with Crippen molar-refractivity contribution < 1.29 is 18.1 Å². The SMILES string of the molecule is C/C=C/C=C/C(=O)N1CCN(S(=O)(=O)c2ccc([N+](=O)[O-])cc2)CC1. The standard InChI is InChI=1S/C16H19N3O5S/c1-2-3-4-5-16(20)17-10-12-18(13-11-17)25(23,24)15-8-6-14(7-9-15)19(21)22/h2-9H,10-13H2,1H3/b3-2+,5-4+. The molecule has 1 amide bonds. The van der Waals surface area contributed by atoms with Crippen LogP contribution in [0.2, 0.25) is 0 Å². The van der Waals surface area contributed by atoms with Crippen LogP contribution in [0.15, 0.2) is 53.5 Å². The van der Waals surface area contributed by atoms with Crippen LogP contribution in [0.4, 0.5) is 5.69 Å². The number of benzene rings is 1. The maximum atomic E-state index is 12.6. The van der Waals surface area contributed by atoms with Gasteiger partial charge >= 0.3 is 0 Å². The molecule has 1 fully saturated rings. The fourth-order valence-corrected chi connectivity index (χ4v) is 3.81. The Morgan fingerprint density at radius 2 is 1.72 bits per heavy atom. The third kappa shape index (κ3) is 4.52. The average Bonchev–Trinajstić information content (AvgIpc) is 2.62. The van der Waals surface area contributed by atoms with E-state index in [1.54, 1.807) is 23.1 Å². The van der Waals surface area contributed by atoms with Gasteiger partial charge in [0.05, 0.1) is 9.82 Å². The summed E-state index contributed by atoms with van der Waals surface area (Å²) >= 11 is 0. The molecule has 1 aromatic rings. The molecule has 0 atom stereocenters. The molecule has 9 heteroatoms. The van der Waals surface area contributed by atoms with Crippen molar-refractivity contribution >= 4 is 21.6 Å². The first kappa shape index (κ1) is 18.8. The summed E-state index contributed by atoms with van der Waals surface area (Å²) in [6.45, 7) is 2.80. The first-order valence-corrected chi connectivity index (χ1v) is 9.13. The van der Waals surface area contributed by atoms with Gasteiger partial charge in [0.1, 0.15) is 0 Å². The molecule has 2 rings (SSSR count). The molecule has 1 aliphatic rings. The predicted molar refractivity (Wildman–Crippen MR) is 92.4 cm³/mol. The van der Waals surface area contributed by atoms with Crippen LogP contribution >= 0.6 is 0 Å². The first-order chi connectivity index (χ1) is 11.9. The van der Waals surface area contributed by atoms with E-state index in [9.17, 15) is 23.3 Å². The van der Waals surface area contributed by atoms with E-state index >= 15 is 0 Å². The van der Waals surface area contributed by atoms with Crippen molar-refractivity contribution in [3.63, 3.8) is 0 Å². The summed E-state index contributed by atoms with van der Waals surface area (Å²) in [5.74, 6) is -0.162. The molecular weight excluding hydrogens is 346 g/mol. The molecule has 1 aliphatic heterocycles. The van der Waals surface area contributed by atoms with Gasteiger partial charge in [0.15, 0.2) is 0 Å². The highest BCUT2D eigenvalue weighted by atomic mass is 32.2.